The maximum Gasteiger partial charge on any atom is 0.153 e. The lowest BCUT2D eigenvalue weighted by atomic mass is 10.0. The van der Waals surface area contributed by atoms with Crippen LogP contribution < -0.4 is 0 Å². The molecule has 1 aliphatic carbocycles. The number of carbonyl (C=O) groups is 1. The number of hydrogen-bond acceptors (Lipinski definition) is 4. The van der Waals surface area contributed by atoms with Crippen LogP contribution in [0.4, 0.5) is 0 Å². The third-order valence-electron chi connectivity index (χ3n) is 3.47. The molecule has 0 aromatic heterocycles. The van der Waals surface area contributed by atoms with Crippen molar-refractivity contribution in [3.05, 3.63) is 35.4 Å². The fourth-order valence-electron chi connectivity index (χ4n) is 2.50. The molecular weight excluding hydrogens is 250 g/mol. The second-order valence-corrected chi connectivity index (χ2v) is 6.97. The van der Waals surface area contributed by atoms with E-state index in [-0.39, 0.29) is 0 Å². The van der Waals surface area contributed by atoms with E-state index in [1.54, 1.807) is 12.1 Å². The van der Waals surface area contributed by atoms with Crippen molar-refractivity contribution in [2.75, 3.05) is 6.26 Å². The Morgan fingerprint density at radius 1 is 1.33 bits per heavy atom. The highest BCUT2D eigenvalue weighted by Crippen LogP contribution is 2.61. The Labute approximate surface area is 106 Å². The van der Waals surface area contributed by atoms with Crippen molar-refractivity contribution < 1.29 is 13.2 Å². The molecule has 0 radical (unpaired) electrons. The molecule has 0 unspecified atom stereocenters. The average molecular weight is 263 g/mol. The summed E-state index contributed by atoms with van der Waals surface area (Å²) in [6.45, 7) is 1.92. The van der Waals surface area contributed by atoms with E-state index >= 15 is 0 Å². The first-order chi connectivity index (χ1) is 8.36. The number of aldehydes is 1. The number of sulfone groups is 1. The maximum atomic E-state index is 11.7. The van der Waals surface area contributed by atoms with Crippen LogP contribution in [0.1, 0.15) is 17.0 Å². The van der Waals surface area contributed by atoms with Crippen LogP contribution in [0.5, 0.6) is 0 Å². The van der Waals surface area contributed by atoms with Gasteiger partial charge in [0.05, 0.1) is 11.3 Å². The van der Waals surface area contributed by atoms with Crippen molar-refractivity contribution in [2.45, 2.75) is 18.1 Å². The molecule has 1 saturated carbocycles. The van der Waals surface area contributed by atoms with Crippen LogP contribution in [-0.4, -0.2) is 26.2 Å². The molecule has 3 atom stereocenters. The lowest BCUT2D eigenvalue weighted by Gasteiger charge is -2.00. The predicted molar refractivity (Wildman–Crippen MR) is 66.7 cm³/mol. The van der Waals surface area contributed by atoms with Crippen molar-refractivity contribution in [2.24, 2.45) is 5.41 Å². The number of aryl methyl sites for hydroxylation is 1. The predicted octanol–water partition coefficient (Wildman–Crippen LogP) is 1.21. The Hall–Kier alpha value is -1.67. The van der Waals surface area contributed by atoms with Crippen LogP contribution >= 0.6 is 0 Å². The molecule has 1 aromatic rings. The third-order valence-corrected chi connectivity index (χ3v) is 5.05. The van der Waals surface area contributed by atoms with E-state index in [1.165, 1.54) is 0 Å². The van der Waals surface area contributed by atoms with Crippen molar-refractivity contribution >= 4 is 16.1 Å². The summed E-state index contributed by atoms with van der Waals surface area (Å²) < 4.78 is 23.3. The van der Waals surface area contributed by atoms with Gasteiger partial charge in [0.2, 0.25) is 0 Å². The zero-order chi connectivity index (χ0) is 13.6. The summed E-state index contributed by atoms with van der Waals surface area (Å²) in [6, 6.07) is 9.13. The summed E-state index contributed by atoms with van der Waals surface area (Å²) in [7, 11) is -3.42. The number of nitriles is 1. The highest BCUT2D eigenvalue weighted by Gasteiger charge is 2.71. The molecule has 1 aliphatic rings. The van der Waals surface area contributed by atoms with Crippen LogP contribution in [0.25, 0.3) is 0 Å². The number of hydrogen-bond donors (Lipinski definition) is 0. The molecule has 0 saturated heterocycles. The van der Waals surface area contributed by atoms with Gasteiger partial charge in [0.1, 0.15) is 11.7 Å². The van der Waals surface area contributed by atoms with E-state index in [2.05, 4.69) is 0 Å². The second kappa shape index (κ2) is 3.92. The molecule has 5 heteroatoms. The zero-order valence-electron chi connectivity index (χ0n) is 10.1. The van der Waals surface area contributed by atoms with Gasteiger partial charge in [-0.1, -0.05) is 29.8 Å². The summed E-state index contributed by atoms with van der Waals surface area (Å²) in [5.74, 6) is -0.546. The number of carbonyl (C=O) groups excluding carboxylic acids is 1. The molecule has 94 valence electrons. The van der Waals surface area contributed by atoms with Gasteiger partial charge in [0.25, 0.3) is 0 Å². The number of benzene rings is 1. The van der Waals surface area contributed by atoms with Crippen LogP contribution in [-0.2, 0) is 14.6 Å². The van der Waals surface area contributed by atoms with Gasteiger partial charge in [-0.25, -0.2) is 8.42 Å². The van der Waals surface area contributed by atoms with Crippen LogP contribution in [0.2, 0.25) is 0 Å². The summed E-state index contributed by atoms with van der Waals surface area (Å²) in [5.41, 5.74) is 0.358. The molecule has 0 amide bonds. The summed E-state index contributed by atoms with van der Waals surface area (Å²) in [4.78, 5) is 11.1. The molecule has 0 N–H and O–H groups in total. The fraction of sp³-hybridized carbons (Fsp3) is 0.385. The van der Waals surface area contributed by atoms with E-state index < -0.39 is 26.4 Å². The maximum absolute atomic E-state index is 11.7. The normalized spacial score (nSPS) is 30.5. The molecule has 18 heavy (non-hydrogen) atoms. The van der Waals surface area contributed by atoms with Crippen LogP contribution in [0.3, 0.4) is 0 Å². The van der Waals surface area contributed by atoms with Gasteiger partial charge < -0.3 is 4.79 Å². The zero-order valence-corrected chi connectivity index (χ0v) is 10.9. The van der Waals surface area contributed by atoms with E-state index in [4.69, 9.17) is 5.26 Å². The van der Waals surface area contributed by atoms with E-state index in [0.29, 0.717) is 6.29 Å². The molecular formula is C13H13NO3S. The summed E-state index contributed by atoms with van der Waals surface area (Å²) >= 11 is 0. The van der Waals surface area contributed by atoms with Gasteiger partial charge in [0.15, 0.2) is 9.84 Å². The Balaban J connectivity index is 2.49. The lowest BCUT2D eigenvalue weighted by Crippen LogP contribution is -2.14. The van der Waals surface area contributed by atoms with Crippen molar-refractivity contribution in [3.63, 3.8) is 0 Å². The van der Waals surface area contributed by atoms with E-state index in [0.717, 1.165) is 17.4 Å². The highest BCUT2D eigenvalue weighted by molar-refractivity contribution is 7.91. The first kappa shape index (κ1) is 12.8. The smallest absolute Gasteiger partial charge is 0.153 e. The standard InChI is InChI=1S/C13H13NO3S/c1-9-3-5-10(6-4-9)11-12(18(2,16)17)13(11,7-14)8-15/h3-6,8,11-12H,1-2H3/t11-,12+,13+/m1/s1. The minimum absolute atomic E-state index is 0.475. The van der Waals surface area contributed by atoms with Crippen molar-refractivity contribution in [1.82, 2.24) is 0 Å². The van der Waals surface area contributed by atoms with Crippen LogP contribution in [0.15, 0.2) is 24.3 Å². The Morgan fingerprint density at radius 3 is 2.22 bits per heavy atom. The van der Waals surface area contributed by atoms with E-state index in [9.17, 15) is 13.2 Å². The molecule has 0 aliphatic heterocycles. The summed E-state index contributed by atoms with van der Waals surface area (Å²) in [5, 5.41) is 8.21. The molecule has 0 bridgehead atoms. The largest absolute Gasteiger partial charge is 0.302 e. The lowest BCUT2D eigenvalue weighted by molar-refractivity contribution is -0.110. The van der Waals surface area contributed by atoms with Gasteiger partial charge in [-0.15, -0.1) is 0 Å². The van der Waals surface area contributed by atoms with Crippen LogP contribution in [0, 0.1) is 23.7 Å². The quantitative estimate of drug-likeness (QED) is 0.768. The van der Waals surface area contributed by atoms with Gasteiger partial charge in [-0.05, 0) is 12.5 Å². The number of rotatable bonds is 3. The molecule has 1 fully saturated rings. The molecule has 4 nitrogen and oxygen atoms in total. The van der Waals surface area contributed by atoms with Gasteiger partial charge in [-0.3, -0.25) is 0 Å². The Bertz CT molecular complexity index is 627. The van der Waals surface area contributed by atoms with E-state index in [1.807, 2.05) is 25.1 Å². The molecule has 1 aromatic carbocycles. The molecule has 2 rings (SSSR count). The SMILES string of the molecule is Cc1ccc([C@@H]2[C@H](S(C)(=O)=O)[C@@]2(C#N)C=O)cc1. The molecule has 0 heterocycles. The van der Waals surface area contributed by atoms with Gasteiger partial charge in [0, 0.05) is 12.2 Å². The van der Waals surface area contributed by atoms with Crippen molar-refractivity contribution in [1.29, 1.82) is 5.26 Å². The third kappa shape index (κ3) is 1.73. The van der Waals surface area contributed by atoms with Gasteiger partial charge >= 0.3 is 0 Å². The van der Waals surface area contributed by atoms with Gasteiger partial charge in [-0.2, -0.15) is 5.26 Å². The minimum atomic E-state index is -3.42. The first-order valence-electron chi connectivity index (χ1n) is 5.50. The summed E-state index contributed by atoms with van der Waals surface area (Å²) in [6.07, 6.45) is 1.55. The first-order valence-corrected chi connectivity index (χ1v) is 7.45. The number of nitrogens with zero attached hydrogens (tertiary/aromatic N) is 1. The Morgan fingerprint density at radius 2 is 1.89 bits per heavy atom. The Kier molecular flexibility index (Phi) is 2.78. The van der Waals surface area contributed by atoms with Crippen molar-refractivity contribution in [3.8, 4) is 6.07 Å². The second-order valence-electron chi connectivity index (χ2n) is 4.80. The fourth-order valence-corrected chi connectivity index (χ4v) is 4.26. The monoisotopic (exact) mass is 263 g/mol. The minimum Gasteiger partial charge on any atom is -0.302 e. The average Bonchev–Trinajstić information content (AvgIpc) is 3.00. The highest BCUT2D eigenvalue weighted by atomic mass is 32.2. The topological polar surface area (TPSA) is 75.0 Å². The molecule has 0 spiro atoms.